The van der Waals surface area contributed by atoms with Crippen LogP contribution in [0.1, 0.15) is 28.9 Å². The smallest absolute Gasteiger partial charge is 0.252 e. The second kappa shape index (κ2) is 6.53. The third-order valence-corrected chi connectivity index (χ3v) is 5.04. The van der Waals surface area contributed by atoms with Gasteiger partial charge in [-0.15, -0.1) is 0 Å². The van der Waals surface area contributed by atoms with Gasteiger partial charge in [0.05, 0.1) is 22.3 Å². The van der Waals surface area contributed by atoms with E-state index >= 15 is 0 Å². The maximum atomic E-state index is 13.1. The van der Waals surface area contributed by atoms with Crippen molar-refractivity contribution < 1.29 is 4.79 Å². The molecule has 1 aromatic carbocycles. The zero-order valence-electron chi connectivity index (χ0n) is 15.1. The molecule has 6 nitrogen and oxygen atoms in total. The highest BCUT2D eigenvalue weighted by molar-refractivity contribution is 6.07. The zero-order chi connectivity index (χ0) is 18.3. The van der Waals surface area contributed by atoms with Crippen molar-refractivity contribution >= 4 is 16.9 Å². The lowest BCUT2D eigenvalue weighted by Gasteiger charge is -2.17. The largest absolute Gasteiger partial charge is 0.348 e. The van der Waals surface area contributed by atoms with Gasteiger partial charge in [0.15, 0.2) is 5.65 Å². The van der Waals surface area contributed by atoms with Gasteiger partial charge in [0.25, 0.3) is 5.91 Å². The average Bonchev–Trinajstić information content (AvgIpc) is 3.46. The highest BCUT2D eigenvalue weighted by Gasteiger charge is 2.32. The second-order valence-electron chi connectivity index (χ2n) is 6.98. The van der Waals surface area contributed by atoms with Gasteiger partial charge < -0.3 is 11.1 Å². The summed E-state index contributed by atoms with van der Waals surface area (Å²) in [5, 5.41) is 8.39. The first-order chi connectivity index (χ1) is 12.6. The number of carbonyl (C=O) groups excluding carboxylic acids is 1. The standard InChI is InChI=1S/C20H23N5O/c1-12-18-15(20(26)23-17(11-21)14-8-9-14)10-16(13-6-4-3-5-7-13)22-19(18)25(2)24-12/h3-7,10,14,17H,8-9,11,21H2,1-2H3,(H,23,26). The fraction of sp³-hybridized carbons (Fsp3) is 0.350. The Hall–Kier alpha value is -2.73. The zero-order valence-corrected chi connectivity index (χ0v) is 15.1. The molecule has 1 unspecified atom stereocenters. The summed E-state index contributed by atoms with van der Waals surface area (Å²) in [5.74, 6) is 0.401. The minimum Gasteiger partial charge on any atom is -0.348 e. The van der Waals surface area contributed by atoms with Crippen LogP contribution in [-0.2, 0) is 7.05 Å². The molecule has 3 aromatic rings. The van der Waals surface area contributed by atoms with E-state index in [2.05, 4.69) is 10.4 Å². The van der Waals surface area contributed by atoms with Gasteiger partial charge in [-0.2, -0.15) is 5.10 Å². The van der Waals surface area contributed by atoms with Crippen LogP contribution in [0.25, 0.3) is 22.3 Å². The van der Waals surface area contributed by atoms with E-state index in [-0.39, 0.29) is 11.9 Å². The van der Waals surface area contributed by atoms with Gasteiger partial charge in [-0.3, -0.25) is 9.48 Å². The number of nitrogens with zero attached hydrogens (tertiary/aromatic N) is 3. The minimum absolute atomic E-state index is 0.0304. The summed E-state index contributed by atoms with van der Waals surface area (Å²) in [4.78, 5) is 17.8. The molecule has 0 aliphatic heterocycles. The molecular formula is C20H23N5O. The number of hydrogen-bond donors (Lipinski definition) is 2. The molecule has 2 aromatic heterocycles. The van der Waals surface area contributed by atoms with Gasteiger partial charge in [-0.25, -0.2) is 4.98 Å². The van der Waals surface area contributed by atoms with E-state index in [0.29, 0.717) is 23.7 Å². The van der Waals surface area contributed by atoms with Crippen LogP contribution in [0.5, 0.6) is 0 Å². The molecule has 0 radical (unpaired) electrons. The van der Waals surface area contributed by atoms with Crippen molar-refractivity contribution in [2.45, 2.75) is 25.8 Å². The number of hydrogen-bond acceptors (Lipinski definition) is 4. The molecule has 1 atom stereocenters. The molecule has 3 N–H and O–H groups in total. The summed E-state index contributed by atoms with van der Waals surface area (Å²) >= 11 is 0. The summed E-state index contributed by atoms with van der Waals surface area (Å²) in [5.41, 5.74) is 9.73. The molecule has 134 valence electrons. The maximum Gasteiger partial charge on any atom is 0.252 e. The van der Waals surface area contributed by atoms with Crippen LogP contribution in [0.15, 0.2) is 36.4 Å². The molecule has 0 bridgehead atoms. The highest BCUT2D eigenvalue weighted by atomic mass is 16.1. The normalized spacial score (nSPS) is 15.2. The van der Waals surface area contributed by atoms with Gasteiger partial charge in [-0.1, -0.05) is 30.3 Å². The van der Waals surface area contributed by atoms with Gasteiger partial charge >= 0.3 is 0 Å². The number of amides is 1. The first kappa shape index (κ1) is 16.7. The van der Waals surface area contributed by atoms with Crippen LogP contribution in [0, 0.1) is 12.8 Å². The maximum absolute atomic E-state index is 13.1. The number of benzene rings is 1. The van der Waals surface area contributed by atoms with Crippen molar-refractivity contribution in [1.29, 1.82) is 0 Å². The van der Waals surface area contributed by atoms with E-state index in [4.69, 9.17) is 10.7 Å². The Balaban J connectivity index is 1.82. The summed E-state index contributed by atoms with van der Waals surface area (Å²) in [7, 11) is 1.85. The van der Waals surface area contributed by atoms with E-state index in [1.807, 2.05) is 50.4 Å². The fourth-order valence-corrected chi connectivity index (χ4v) is 3.49. The van der Waals surface area contributed by atoms with E-state index in [9.17, 15) is 4.79 Å². The molecule has 6 heteroatoms. The predicted octanol–water partition coefficient (Wildman–Crippen LogP) is 2.41. The number of rotatable bonds is 5. The average molecular weight is 349 g/mol. The van der Waals surface area contributed by atoms with Crippen LogP contribution in [0.2, 0.25) is 0 Å². The van der Waals surface area contributed by atoms with Crippen molar-refractivity contribution in [3.05, 3.63) is 47.7 Å². The van der Waals surface area contributed by atoms with Crippen LogP contribution >= 0.6 is 0 Å². The molecule has 26 heavy (non-hydrogen) atoms. The summed E-state index contributed by atoms with van der Waals surface area (Å²) in [6, 6.07) is 11.8. The van der Waals surface area contributed by atoms with Crippen LogP contribution in [-0.4, -0.2) is 33.3 Å². The quantitative estimate of drug-likeness (QED) is 0.741. The predicted molar refractivity (Wildman–Crippen MR) is 102 cm³/mol. The van der Waals surface area contributed by atoms with Crippen LogP contribution in [0.3, 0.4) is 0 Å². The molecule has 2 heterocycles. The third kappa shape index (κ3) is 2.97. The molecule has 1 aliphatic rings. The summed E-state index contributed by atoms with van der Waals surface area (Å²) < 4.78 is 1.73. The Labute approximate surface area is 152 Å². The van der Waals surface area contributed by atoms with Gasteiger partial charge in [-0.05, 0) is 31.7 Å². The molecule has 0 saturated heterocycles. The first-order valence-electron chi connectivity index (χ1n) is 8.99. The molecular weight excluding hydrogens is 326 g/mol. The number of nitrogens with two attached hydrogens (primary N) is 1. The monoisotopic (exact) mass is 349 g/mol. The molecule has 0 spiro atoms. The highest BCUT2D eigenvalue weighted by Crippen LogP contribution is 2.33. The summed E-state index contributed by atoms with van der Waals surface area (Å²) in [6.07, 6.45) is 2.27. The fourth-order valence-electron chi connectivity index (χ4n) is 3.49. The van der Waals surface area contributed by atoms with E-state index < -0.39 is 0 Å². The topological polar surface area (TPSA) is 85.8 Å². The minimum atomic E-state index is -0.104. The Kier molecular flexibility index (Phi) is 4.20. The molecule has 1 saturated carbocycles. The number of aryl methyl sites for hydroxylation is 2. The number of fused-ring (bicyclic) bond motifs is 1. The number of pyridine rings is 1. The molecule has 4 rings (SSSR count). The van der Waals surface area contributed by atoms with Gasteiger partial charge in [0.2, 0.25) is 0 Å². The Morgan fingerprint density at radius 1 is 1.35 bits per heavy atom. The van der Waals surface area contributed by atoms with Crippen LogP contribution < -0.4 is 11.1 Å². The van der Waals surface area contributed by atoms with Crippen molar-refractivity contribution in [1.82, 2.24) is 20.1 Å². The van der Waals surface area contributed by atoms with Crippen molar-refractivity contribution in [2.75, 3.05) is 6.54 Å². The first-order valence-corrected chi connectivity index (χ1v) is 8.99. The lowest BCUT2D eigenvalue weighted by Crippen LogP contribution is -2.41. The van der Waals surface area contributed by atoms with Crippen molar-refractivity contribution in [2.24, 2.45) is 18.7 Å². The molecule has 1 fully saturated rings. The second-order valence-corrected chi connectivity index (χ2v) is 6.98. The van der Waals surface area contributed by atoms with Crippen molar-refractivity contribution in [3.8, 4) is 11.3 Å². The molecule has 1 amide bonds. The number of nitrogens with one attached hydrogen (secondary N) is 1. The lowest BCUT2D eigenvalue weighted by molar-refractivity contribution is 0.0935. The van der Waals surface area contributed by atoms with E-state index in [1.54, 1.807) is 4.68 Å². The molecule has 1 aliphatic carbocycles. The van der Waals surface area contributed by atoms with Gasteiger partial charge in [0, 0.05) is 25.2 Å². The Bertz CT molecular complexity index is 959. The Morgan fingerprint density at radius 2 is 2.08 bits per heavy atom. The number of aromatic nitrogens is 3. The lowest BCUT2D eigenvalue weighted by atomic mass is 10.0. The van der Waals surface area contributed by atoms with Gasteiger partial charge in [0.1, 0.15) is 0 Å². The Morgan fingerprint density at radius 3 is 2.73 bits per heavy atom. The third-order valence-electron chi connectivity index (χ3n) is 5.04. The van der Waals surface area contributed by atoms with E-state index in [0.717, 1.165) is 35.2 Å². The summed E-state index contributed by atoms with van der Waals surface area (Å²) in [6.45, 7) is 2.37. The van der Waals surface area contributed by atoms with Crippen molar-refractivity contribution in [3.63, 3.8) is 0 Å². The number of carbonyl (C=O) groups is 1. The van der Waals surface area contributed by atoms with Crippen LogP contribution in [0.4, 0.5) is 0 Å². The van der Waals surface area contributed by atoms with E-state index in [1.165, 1.54) is 0 Å². The SMILES string of the molecule is Cc1nn(C)c2nc(-c3ccccc3)cc(C(=O)NC(CN)C3CC3)c12.